The molecule has 0 unspecified atom stereocenters. The van der Waals surface area contributed by atoms with E-state index in [1.165, 1.54) is 23.3 Å². The zero-order valence-electron chi connectivity index (χ0n) is 21.6. The second-order valence-electron chi connectivity index (χ2n) is 10.6. The van der Waals surface area contributed by atoms with Crippen LogP contribution in [0.1, 0.15) is 58.2 Å². The Balaban J connectivity index is 0.000000364. The van der Waals surface area contributed by atoms with E-state index >= 15 is 0 Å². The Kier molecular flexibility index (Phi) is 9.93. The van der Waals surface area contributed by atoms with Crippen LogP contribution in [0.15, 0.2) is 48.2 Å². The summed E-state index contributed by atoms with van der Waals surface area (Å²) in [5, 5.41) is 10.5. The van der Waals surface area contributed by atoms with Gasteiger partial charge in [-0.05, 0) is 35.7 Å². The van der Waals surface area contributed by atoms with Crippen molar-refractivity contribution in [3.63, 3.8) is 0 Å². The first-order valence-corrected chi connectivity index (χ1v) is 11.1. The zero-order valence-corrected chi connectivity index (χ0v) is 24.0. The van der Waals surface area contributed by atoms with Crippen LogP contribution in [-0.2, 0) is 24.9 Å². The molecule has 0 saturated heterocycles. The number of ketones is 1. The van der Waals surface area contributed by atoms with E-state index in [2.05, 4.69) is 31.0 Å². The molecule has 3 nitrogen and oxygen atoms in total. The van der Waals surface area contributed by atoms with E-state index in [1.54, 1.807) is 6.92 Å². The van der Waals surface area contributed by atoms with Crippen molar-refractivity contribution < 1.29 is 34.4 Å². The molecule has 3 aromatic rings. The minimum absolute atomic E-state index is 0. The number of aryl methyl sites for hydroxylation is 3. The fourth-order valence-electron chi connectivity index (χ4n) is 2.79. The SMILES string of the molecule is CC(C)(C)C(=O)/C=C(\O)C(C)(C)C.Cc1c[c-]c(-c2ccc3cc(C)c(F)cc3n2)cc1C.[Ir]. The largest absolute Gasteiger partial charge is 0.512 e. The van der Waals surface area contributed by atoms with E-state index in [1.807, 2.05) is 65.8 Å². The Morgan fingerprint density at radius 2 is 1.56 bits per heavy atom. The molecular formula is C29H35FIrNO2-. The molecule has 1 aromatic heterocycles. The molecule has 0 spiro atoms. The van der Waals surface area contributed by atoms with Gasteiger partial charge in [0.25, 0.3) is 0 Å². The third-order valence-corrected chi connectivity index (χ3v) is 5.45. The molecule has 3 rings (SSSR count). The van der Waals surface area contributed by atoms with Crippen LogP contribution in [0.4, 0.5) is 4.39 Å². The number of halogens is 1. The minimum Gasteiger partial charge on any atom is -0.512 e. The first kappa shape index (κ1) is 29.7. The quantitative estimate of drug-likeness (QED) is 0.176. The molecule has 0 atom stereocenters. The topological polar surface area (TPSA) is 50.2 Å². The van der Waals surface area contributed by atoms with Crippen LogP contribution in [0.2, 0.25) is 0 Å². The maximum Gasteiger partial charge on any atom is 0.164 e. The van der Waals surface area contributed by atoms with Gasteiger partial charge >= 0.3 is 0 Å². The molecule has 0 fully saturated rings. The summed E-state index contributed by atoms with van der Waals surface area (Å²) in [6.07, 6.45) is 1.33. The van der Waals surface area contributed by atoms with Crippen LogP contribution in [0.25, 0.3) is 22.2 Å². The van der Waals surface area contributed by atoms with Crippen LogP contribution >= 0.6 is 0 Å². The molecule has 0 bridgehead atoms. The van der Waals surface area contributed by atoms with Crippen LogP contribution < -0.4 is 0 Å². The van der Waals surface area contributed by atoms with E-state index in [0.717, 1.165) is 16.6 Å². The summed E-state index contributed by atoms with van der Waals surface area (Å²) in [6, 6.07) is 14.5. The van der Waals surface area contributed by atoms with Crippen molar-refractivity contribution in [3.8, 4) is 11.3 Å². The standard InChI is InChI=1S/C18H15FN.C11H20O2.Ir/c1-11-4-5-14(8-12(11)2)17-7-6-15-9-13(3)16(19)10-18(15)20-17;1-10(2,3)8(12)7-9(13)11(4,5)6;/h4,6-10H,1-3H3;7,12H,1-6H3;/q-1;;/b;8-7-;. The minimum atomic E-state index is -0.417. The Hall–Kier alpha value is -2.36. The number of benzene rings is 2. The van der Waals surface area contributed by atoms with Crippen LogP contribution in [0, 0.1) is 43.5 Å². The van der Waals surface area contributed by atoms with Crippen molar-refractivity contribution in [2.24, 2.45) is 10.8 Å². The van der Waals surface area contributed by atoms with E-state index < -0.39 is 5.41 Å². The van der Waals surface area contributed by atoms with Gasteiger partial charge in [0.1, 0.15) is 11.6 Å². The number of allylic oxidation sites excluding steroid dienone is 2. The van der Waals surface area contributed by atoms with Crippen molar-refractivity contribution in [1.82, 2.24) is 4.98 Å². The second-order valence-corrected chi connectivity index (χ2v) is 10.6. The molecule has 0 saturated carbocycles. The number of hydrogen-bond donors (Lipinski definition) is 1. The van der Waals surface area contributed by atoms with Gasteiger partial charge in [-0.25, -0.2) is 4.39 Å². The van der Waals surface area contributed by atoms with E-state index in [0.29, 0.717) is 11.1 Å². The predicted octanol–water partition coefficient (Wildman–Crippen LogP) is 7.85. The molecular weight excluding hydrogens is 606 g/mol. The van der Waals surface area contributed by atoms with Crippen molar-refractivity contribution in [3.05, 3.63) is 76.8 Å². The van der Waals surface area contributed by atoms with E-state index in [4.69, 9.17) is 0 Å². The third-order valence-electron chi connectivity index (χ3n) is 5.45. The maximum atomic E-state index is 13.7. The maximum absolute atomic E-state index is 13.7. The van der Waals surface area contributed by atoms with Crippen LogP contribution in [0.3, 0.4) is 0 Å². The van der Waals surface area contributed by atoms with Crippen molar-refractivity contribution in [2.75, 3.05) is 0 Å². The molecule has 185 valence electrons. The normalized spacial score (nSPS) is 12.0. The molecule has 34 heavy (non-hydrogen) atoms. The predicted molar refractivity (Wildman–Crippen MR) is 135 cm³/mol. The fraction of sp³-hybridized carbons (Fsp3) is 0.379. The number of hydrogen-bond acceptors (Lipinski definition) is 3. The summed E-state index contributed by atoms with van der Waals surface area (Å²) in [5.41, 5.74) is 4.73. The van der Waals surface area contributed by atoms with Crippen LogP contribution in [0.5, 0.6) is 0 Å². The number of aliphatic hydroxyl groups excluding tert-OH is 1. The van der Waals surface area contributed by atoms with Gasteiger partial charge in [-0.1, -0.05) is 67.5 Å². The Morgan fingerprint density at radius 1 is 0.941 bits per heavy atom. The average Bonchev–Trinajstić information content (AvgIpc) is 2.69. The number of pyridine rings is 1. The van der Waals surface area contributed by atoms with Crippen molar-refractivity contribution >= 4 is 16.7 Å². The first-order chi connectivity index (χ1) is 15.1. The summed E-state index contributed by atoms with van der Waals surface area (Å²) >= 11 is 0. The van der Waals surface area contributed by atoms with Gasteiger partial charge in [0.05, 0.1) is 5.52 Å². The Bertz CT molecular complexity index is 1200. The monoisotopic (exact) mass is 641 g/mol. The van der Waals surface area contributed by atoms with Gasteiger partial charge in [-0.3, -0.25) is 9.78 Å². The molecule has 0 aliphatic carbocycles. The molecule has 0 amide bonds. The van der Waals surface area contributed by atoms with Gasteiger partial charge in [-0.2, -0.15) is 0 Å². The number of nitrogens with zero attached hydrogens (tertiary/aromatic N) is 1. The molecule has 0 aliphatic heterocycles. The summed E-state index contributed by atoms with van der Waals surface area (Å²) in [5.74, 6) is -0.112. The molecule has 0 aliphatic rings. The number of rotatable bonds is 2. The molecule has 1 heterocycles. The number of fused-ring (bicyclic) bond motifs is 1. The van der Waals surface area contributed by atoms with Gasteiger partial charge in [0.15, 0.2) is 5.78 Å². The smallest absolute Gasteiger partial charge is 0.164 e. The Morgan fingerprint density at radius 3 is 2.09 bits per heavy atom. The zero-order chi connectivity index (χ0) is 25.1. The average molecular weight is 641 g/mol. The molecule has 2 aromatic carbocycles. The van der Waals surface area contributed by atoms with Crippen molar-refractivity contribution in [1.29, 1.82) is 0 Å². The van der Waals surface area contributed by atoms with Gasteiger partial charge < -0.3 is 5.11 Å². The number of aliphatic hydroxyl groups is 1. The summed E-state index contributed by atoms with van der Waals surface area (Å²) in [6.45, 7) is 17.0. The number of carbonyl (C=O) groups excluding carboxylic acids is 1. The molecule has 1 radical (unpaired) electrons. The third kappa shape index (κ3) is 7.85. The fourth-order valence-corrected chi connectivity index (χ4v) is 2.79. The number of carbonyl (C=O) groups is 1. The van der Waals surface area contributed by atoms with E-state index in [9.17, 15) is 14.3 Å². The molecule has 1 N–H and O–H groups in total. The van der Waals surface area contributed by atoms with Crippen LogP contribution in [-0.4, -0.2) is 15.9 Å². The van der Waals surface area contributed by atoms with Gasteiger partial charge in [0, 0.05) is 37.0 Å². The summed E-state index contributed by atoms with van der Waals surface area (Å²) in [4.78, 5) is 16.0. The van der Waals surface area contributed by atoms with Gasteiger partial charge in [-0.15, -0.1) is 34.9 Å². The second kappa shape index (κ2) is 11.4. The molecule has 5 heteroatoms. The summed E-state index contributed by atoms with van der Waals surface area (Å²) in [7, 11) is 0. The van der Waals surface area contributed by atoms with Gasteiger partial charge in [0.2, 0.25) is 0 Å². The number of aromatic nitrogens is 1. The summed E-state index contributed by atoms with van der Waals surface area (Å²) < 4.78 is 13.7. The first-order valence-electron chi connectivity index (χ1n) is 11.1. The Labute approximate surface area is 216 Å². The van der Waals surface area contributed by atoms with E-state index in [-0.39, 0.29) is 42.9 Å². The van der Waals surface area contributed by atoms with Crippen molar-refractivity contribution in [2.45, 2.75) is 62.3 Å².